The van der Waals surface area contributed by atoms with E-state index >= 15 is 0 Å². The van der Waals surface area contributed by atoms with Crippen molar-refractivity contribution in [2.24, 2.45) is 11.8 Å². The summed E-state index contributed by atoms with van der Waals surface area (Å²) in [4.78, 5) is 26.5. The third-order valence-electron chi connectivity index (χ3n) is 4.65. The minimum absolute atomic E-state index is 0.0133. The van der Waals surface area contributed by atoms with Crippen LogP contribution >= 0.6 is 0 Å². The fourth-order valence-corrected chi connectivity index (χ4v) is 2.69. The van der Waals surface area contributed by atoms with Crippen molar-refractivity contribution in [2.45, 2.75) is 65.0 Å². The van der Waals surface area contributed by atoms with Crippen molar-refractivity contribution < 1.29 is 9.59 Å². The monoisotopic (exact) mass is 266 g/mol. The van der Waals surface area contributed by atoms with E-state index in [1.807, 2.05) is 11.8 Å². The Morgan fingerprint density at radius 2 is 1.95 bits per heavy atom. The van der Waals surface area contributed by atoms with Gasteiger partial charge in [-0.25, -0.2) is 0 Å². The molecule has 1 aliphatic carbocycles. The molecule has 3 unspecified atom stereocenters. The lowest BCUT2D eigenvalue weighted by molar-refractivity contribution is -0.142. The first-order valence-corrected chi connectivity index (χ1v) is 7.65. The molecule has 3 atom stereocenters. The molecular formula is C15H26N2O2. The van der Waals surface area contributed by atoms with Gasteiger partial charge in [-0.05, 0) is 31.6 Å². The van der Waals surface area contributed by atoms with E-state index in [0.29, 0.717) is 12.0 Å². The smallest absolute Gasteiger partial charge is 0.243 e. The molecule has 4 nitrogen and oxygen atoms in total. The summed E-state index contributed by atoms with van der Waals surface area (Å²) in [7, 11) is 0. The molecule has 19 heavy (non-hydrogen) atoms. The molecule has 2 aliphatic rings. The first kappa shape index (κ1) is 14.4. The molecule has 0 aromatic carbocycles. The molecule has 1 aliphatic heterocycles. The minimum Gasteiger partial charge on any atom is -0.352 e. The summed E-state index contributed by atoms with van der Waals surface area (Å²) < 4.78 is 0. The average molecular weight is 266 g/mol. The first-order chi connectivity index (χ1) is 9.04. The van der Waals surface area contributed by atoms with Crippen molar-refractivity contribution >= 4 is 11.8 Å². The van der Waals surface area contributed by atoms with Crippen LogP contribution in [-0.4, -0.2) is 35.3 Å². The minimum atomic E-state index is -0.223. The zero-order valence-corrected chi connectivity index (χ0v) is 12.3. The highest BCUT2D eigenvalue weighted by Crippen LogP contribution is 2.26. The van der Waals surface area contributed by atoms with E-state index in [0.717, 1.165) is 38.6 Å². The van der Waals surface area contributed by atoms with Gasteiger partial charge in [-0.1, -0.05) is 27.2 Å². The maximum atomic E-state index is 12.5. The number of carbonyl (C=O) groups excluding carboxylic acids is 2. The zero-order valence-electron chi connectivity index (χ0n) is 12.3. The van der Waals surface area contributed by atoms with Crippen molar-refractivity contribution in [2.75, 3.05) is 6.54 Å². The number of nitrogens with one attached hydrogen (secondary N) is 1. The van der Waals surface area contributed by atoms with Gasteiger partial charge >= 0.3 is 0 Å². The topological polar surface area (TPSA) is 49.4 Å². The number of likely N-dealkylation sites (tertiary alicyclic amines) is 1. The lowest BCUT2D eigenvalue weighted by Gasteiger charge is -2.29. The van der Waals surface area contributed by atoms with Gasteiger partial charge in [0, 0.05) is 18.5 Å². The third kappa shape index (κ3) is 3.28. The third-order valence-corrected chi connectivity index (χ3v) is 4.65. The molecule has 2 rings (SSSR count). The van der Waals surface area contributed by atoms with Gasteiger partial charge in [0.15, 0.2) is 0 Å². The molecule has 1 saturated heterocycles. The van der Waals surface area contributed by atoms with Gasteiger partial charge in [-0.15, -0.1) is 0 Å². The Bertz CT molecular complexity index is 352. The van der Waals surface area contributed by atoms with Crippen molar-refractivity contribution in [1.82, 2.24) is 10.2 Å². The van der Waals surface area contributed by atoms with E-state index in [2.05, 4.69) is 19.2 Å². The Balaban J connectivity index is 1.96. The summed E-state index contributed by atoms with van der Waals surface area (Å²) in [6.07, 6.45) is 4.95. The fraction of sp³-hybridized carbons (Fsp3) is 0.867. The van der Waals surface area contributed by atoms with E-state index < -0.39 is 0 Å². The van der Waals surface area contributed by atoms with Crippen LogP contribution in [0.15, 0.2) is 0 Å². The van der Waals surface area contributed by atoms with Crippen molar-refractivity contribution in [3.8, 4) is 0 Å². The van der Waals surface area contributed by atoms with Crippen LogP contribution in [0.2, 0.25) is 0 Å². The summed E-state index contributed by atoms with van der Waals surface area (Å²) >= 11 is 0. The lowest BCUT2D eigenvalue weighted by atomic mass is 9.92. The molecule has 1 heterocycles. The molecule has 0 spiro atoms. The van der Waals surface area contributed by atoms with Crippen LogP contribution < -0.4 is 5.32 Å². The van der Waals surface area contributed by atoms with Crippen LogP contribution in [-0.2, 0) is 9.59 Å². The Morgan fingerprint density at radius 1 is 1.26 bits per heavy atom. The van der Waals surface area contributed by atoms with E-state index in [9.17, 15) is 9.59 Å². The molecule has 108 valence electrons. The predicted molar refractivity (Wildman–Crippen MR) is 74.5 cm³/mol. The van der Waals surface area contributed by atoms with Crippen LogP contribution in [0.1, 0.15) is 52.9 Å². The zero-order chi connectivity index (χ0) is 14.0. The van der Waals surface area contributed by atoms with Crippen LogP contribution in [0.25, 0.3) is 0 Å². The number of carbonyl (C=O) groups is 2. The number of nitrogens with zero attached hydrogens (tertiary/aromatic N) is 1. The molecule has 1 saturated carbocycles. The largest absolute Gasteiger partial charge is 0.352 e. The quantitative estimate of drug-likeness (QED) is 0.826. The summed E-state index contributed by atoms with van der Waals surface area (Å²) in [5.41, 5.74) is 0. The van der Waals surface area contributed by atoms with Gasteiger partial charge < -0.3 is 10.2 Å². The van der Waals surface area contributed by atoms with Crippen molar-refractivity contribution in [3.05, 3.63) is 0 Å². The second kappa shape index (κ2) is 5.93. The summed E-state index contributed by atoms with van der Waals surface area (Å²) in [6.45, 7) is 6.95. The maximum Gasteiger partial charge on any atom is 0.243 e. The normalized spacial score (nSPS) is 26.1. The highest BCUT2D eigenvalue weighted by Gasteiger charge is 2.38. The fourth-order valence-electron chi connectivity index (χ4n) is 2.69. The Labute approximate surface area is 115 Å². The summed E-state index contributed by atoms with van der Waals surface area (Å²) in [5.74, 6) is 0.604. The van der Waals surface area contributed by atoms with E-state index in [4.69, 9.17) is 0 Å². The Hall–Kier alpha value is -1.06. The molecule has 0 radical (unpaired) electrons. The van der Waals surface area contributed by atoms with Crippen LogP contribution in [0.5, 0.6) is 0 Å². The van der Waals surface area contributed by atoms with Gasteiger partial charge in [0.05, 0.1) is 0 Å². The highest BCUT2D eigenvalue weighted by molar-refractivity contribution is 5.89. The Kier molecular flexibility index (Phi) is 4.48. The molecule has 2 amide bonds. The van der Waals surface area contributed by atoms with Crippen LogP contribution in [0.3, 0.4) is 0 Å². The van der Waals surface area contributed by atoms with Crippen molar-refractivity contribution in [3.63, 3.8) is 0 Å². The maximum absolute atomic E-state index is 12.5. The second-order valence-corrected chi connectivity index (χ2v) is 6.15. The first-order valence-electron chi connectivity index (χ1n) is 7.65. The number of hydrogen-bond acceptors (Lipinski definition) is 2. The summed E-state index contributed by atoms with van der Waals surface area (Å²) in [6, 6.07) is 0.150. The van der Waals surface area contributed by atoms with E-state index in [-0.39, 0.29) is 23.8 Å². The second-order valence-electron chi connectivity index (χ2n) is 6.15. The average Bonchev–Trinajstić information content (AvgIpc) is 3.08. The number of hydrogen-bond donors (Lipinski definition) is 1. The van der Waals surface area contributed by atoms with Crippen LogP contribution in [0, 0.1) is 11.8 Å². The molecule has 1 N–H and O–H groups in total. The van der Waals surface area contributed by atoms with Gasteiger partial charge in [-0.3, -0.25) is 9.59 Å². The van der Waals surface area contributed by atoms with E-state index in [1.54, 1.807) is 0 Å². The molecule has 0 aromatic rings. The lowest BCUT2D eigenvalue weighted by Crippen LogP contribution is -2.48. The molecule has 4 heteroatoms. The number of amides is 2. The van der Waals surface area contributed by atoms with Crippen LogP contribution in [0.4, 0.5) is 0 Å². The summed E-state index contributed by atoms with van der Waals surface area (Å²) in [5, 5.41) is 3.03. The standard InChI is InChI=1S/C15H26N2O2/c1-4-10(2)11(3)15(19)17-9-5-6-13(17)14(18)16-12-7-8-12/h10-13H,4-9H2,1-3H3,(H,16,18). The highest BCUT2D eigenvalue weighted by atomic mass is 16.2. The van der Waals surface area contributed by atoms with Crippen molar-refractivity contribution in [1.29, 1.82) is 0 Å². The molecule has 0 bridgehead atoms. The molecular weight excluding hydrogens is 240 g/mol. The van der Waals surface area contributed by atoms with Gasteiger partial charge in [0.1, 0.15) is 6.04 Å². The molecule has 2 fully saturated rings. The Morgan fingerprint density at radius 3 is 2.53 bits per heavy atom. The van der Waals surface area contributed by atoms with Gasteiger partial charge in [0.2, 0.25) is 11.8 Å². The van der Waals surface area contributed by atoms with Gasteiger partial charge in [0.25, 0.3) is 0 Å². The molecule has 0 aromatic heterocycles. The van der Waals surface area contributed by atoms with Gasteiger partial charge in [-0.2, -0.15) is 0 Å². The van der Waals surface area contributed by atoms with E-state index in [1.165, 1.54) is 0 Å². The SMILES string of the molecule is CCC(C)C(C)C(=O)N1CCCC1C(=O)NC1CC1. The number of rotatable bonds is 5. The predicted octanol–water partition coefficient (Wildman–Crippen LogP) is 1.94.